The van der Waals surface area contributed by atoms with E-state index in [1.165, 1.54) is 11.1 Å². The molecule has 1 aromatic rings. The third-order valence-electron chi connectivity index (χ3n) is 4.59. The van der Waals surface area contributed by atoms with Gasteiger partial charge in [0, 0.05) is 18.8 Å². The van der Waals surface area contributed by atoms with Crippen LogP contribution in [0.25, 0.3) is 6.08 Å². The molecule has 0 atom stereocenters. The third kappa shape index (κ3) is 5.87. The SMILES string of the molecule is C/C=C1C=C(/C=C/c2ccc(N(CCO)CCO)cc2)CC(C)(C)C/1. The Morgan fingerprint density at radius 1 is 1.00 bits per heavy atom. The van der Waals surface area contributed by atoms with Crippen LogP contribution in [0.2, 0.25) is 0 Å². The van der Waals surface area contributed by atoms with Crippen LogP contribution in [0.1, 0.15) is 39.2 Å². The van der Waals surface area contributed by atoms with Gasteiger partial charge in [0.15, 0.2) is 0 Å². The van der Waals surface area contributed by atoms with Crippen molar-refractivity contribution < 1.29 is 10.2 Å². The number of allylic oxidation sites excluding steroid dienone is 5. The molecule has 0 heterocycles. The predicted octanol–water partition coefficient (Wildman–Crippen LogP) is 4.18. The van der Waals surface area contributed by atoms with Crippen LogP contribution in [0.3, 0.4) is 0 Å². The Morgan fingerprint density at radius 2 is 1.64 bits per heavy atom. The van der Waals surface area contributed by atoms with Crippen molar-refractivity contribution in [3.63, 3.8) is 0 Å². The smallest absolute Gasteiger partial charge is 0.0606 e. The summed E-state index contributed by atoms with van der Waals surface area (Å²) in [6.45, 7) is 7.98. The lowest BCUT2D eigenvalue weighted by atomic mass is 9.75. The summed E-state index contributed by atoms with van der Waals surface area (Å²) in [5.74, 6) is 0. The minimum atomic E-state index is 0.0822. The van der Waals surface area contributed by atoms with Crippen LogP contribution in [0, 0.1) is 5.41 Å². The van der Waals surface area contributed by atoms with E-state index in [1.807, 2.05) is 17.0 Å². The molecule has 2 N–H and O–H groups in total. The van der Waals surface area contributed by atoms with Crippen LogP contribution in [-0.4, -0.2) is 36.5 Å². The molecule has 3 nitrogen and oxygen atoms in total. The summed E-state index contributed by atoms with van der Waals surface area (Å²) < 4.78 is 0. The Hall–Kier alpha value is -1.84. The Morgan fingerprint density at radius 3 is 2.20 bits per heavy atom. The average Bonchev–Trinajstić information content (AvgIpc) is 2.59. The zero-order valence-electron chi connectivity index (χ0n) is 15.7. The molecular formula is C22H31NO2. The number of hydrogen-bond acceptors (Lipinski definition) is 3. The fraction of sp³-hybridized carbons (Fsp3) is 0.455. The molecule has 2 rings (SSSR count). The summed E-state index contributed by atoms with van der Waals surface area (Å²) in [5, 5.41) is 18.3. The summed E-state index contributed by atoms with van der Waals surface area (Å²) in [5.41, 5.74) is 5.28. The van der Waals surface area contributed by atoms with Gasteiger partial charge in [0.05, 0.1) is 13.2 Å². The van der Waals surface area contributed by atoms with E-state index in [-0.39, 0.29) is 13.2 Å². The molecule has 0 radical (unpaired) electrons. The molecule has 3 heteroatoms. The van der Waals surface area contributed by atoms with Gasteiger partial charge in [0.2, 0.25) is 0 Å². The molecule has 0 aliphatic heterocycles. The monoisotopic (exact) mass is 341 g/mol. The topological polar surface area (TPSA) is 43.7 Å². The summed E-state index contributed by atoms with van der Waals surface area (Å²) in [7, 11) is 0. The Bertz CT molecular complexity index is 632. The molecular weight excluding hydrogens is 310 g/mol. The molecule has 0 unspecified atom stereocenters. The minimum absolute atomic E-state index is 0.0822. The van der Waals surface area contributed by atoms with E-state index < -0.39 is 0 Å². The van der Waals surface area contributed by atoms with E-state index in [2.05, 4.69) is 57.2 Å². The molecule has 1 aliphatic carbocycles. The zero-order valence-corrected chi connectivity index (χ0v) is 15.7. The van der Waals surface area contributed by atoms with Crippen LogP contribution in [0.4, 0.5) is 5.69 Å². The maximum absolute atomic E-state index is 9.15. The first-order valence-corrected chi connectivity index (χ1v) is 9.08. The van der Waals surface area contributed by atoms with Gasteiger partial charge in [-0.1, -0.05) is 55.9 Å². The first-order chi connectivity index (χ1) is 12.0. The van der Waals surface area contributed by atoms with Gasteiger partial charge in [0.25, 0.3) is 0 Å². The van der Waals surface area contributed by atoms with E-state index >= 15 is 0 Å². The number of rotatable bonds is 7. The lowest BCUT2D eigenvalue weighted by Gasteiger charge is -2.30. The number of nitrogens with zero attached hydrogens (tertiary/aromatic N) is 1. The summed E-state index contributed by atoms with van der Waals surface area (Å²) in [6.07, 6.45) is 11.1. The van der Waals surface area contributed by atoms with Crippen molar-refractivity contribution in [1.82, 2.24) is 0 Å². The molecule has 0 saturated heterocycles. The lowest BCUT2D eigenvalue weighted by molar-refractivity contribution is 0.281. The third-order valence-corrected chi connectivity index (χ3v) is 4.59. The molecule has 0 bridgehead atoms. The van der Waals surface area contributed by atoms with E-state index in [4.69, 9.17) is 10.2 Å². The number of benzene rings is 1. The number of aliphatic hydroxyl groups is 2. The van der Waals surface area contributed by atoms with Crippen molar-refractivity contribution in [3.05, 3.63) is 59.2 Å². The Kier molecular flexibility index (Phi) is 7.03. The molecule has 25 heavy (non-hydrogen) atoms. The van der Waals surface area contributed by atoms with Crippen molar-refractivity contribution in [1.29, 1.82) is 0 Å². The fourth-order valence-electron chi connectivity index (χ4n) is 3.41. The first-order valence-electron chi connectivity index (χ1n) is 9.08. The maximum atomic E-state index is 9.15. The molecule has 0 fully saturated rings. The largest absolute Gasteiger partial charge is 0.395 e. The molecule has 136 valence electrons. The highest BCUT2D eigenvalue weighted by Crippen LogP contribution is 2.38. The molecule has 1 aliphatic rings. The van der Waals surface area contributed by atoms with Crippen LogP contribution in [-0.2, 0) is 0 Å². The number of hydrogen-bond donors (Lipinski definition) is 2. The molecule has 0 amide bonds. The summed E-state index contributed by atoms with van der Waals surface area (Å²) >= 11 is 0. The van der Waals surface area contributed by atoms with E-state index in [1.54, 1.807) is 0 Å². The number of anilines is 1. The van der Waals surface area contributed by atoms with Crippen molar-refractivity contribution in [2.45, 2.75) is 33.6 Å². The first kappa shape index (κ1) is 19.5. The van der Waals surface area contributed by atoms with Gasteiger partial charge >= 0.3 is 0 Å². The van der Waals surface area contributed by atoms with E-state index in [9.17, 15) is 0 Å². The fourth-order valence-corrected chi connectivity index (χ4v) is 3.41. The maximum Gasteiger partial charge on any atom is 0.0606 e. The second-order valence-corrected chi connectivity index (χ2v) is 7.46. The van der Waals surface area contributed by atoms with Crippen LogP contribution >= 0.6 is 0 Å². The van der Waals surface area contributed by atoms with Crippen LogP contribution < -0.4 is 4.90 Å². The second kappa shape index (κ2) is 9.02. The summed E-state index contributed by atoms with van der Waals surface area (Å²) in [6, 6.07) is 8.25. The van der Waals surface area contributed by atoms with E-state index in [0.29, 0.717) is 18.5 Å². The molecule has 0 spiro atoms. The van der Waals surface area contributed by atoms with Crippen molar-refractivity contribution >= 4 is 11.8 Å². The standard InChI is InChI=1S/C22H31NO2/c1-4-18-15-20(17-22(2,3)16-18)6-5-19-7-9-21(10-8-19)23(11-13-24)12-14-25/h4-10,15,24-25H,11-14,16-17H2,1-3H3/b6-5+,18-4-. The minimum Gasteiger partial charge on any atom is -0.395 e. The normalized spacial score (nSPS) is 18.6. The van der Waals surface area contributed by atoms with Crippen molar-refractivity contribution in [2.24, 2.45) is 5.41 Å². The zero-order chi connectivity index (χ0) is 18.3. The van der Waals surface area contributed by atoms with Gasteiger partial charge < -0.3 is 15.1 Å². The van der Waals surface area contributed by atoms with Crippen molar-refractivity contribution in [2.75, 3.05) is 31.2 Å². The average molecular weight is 341 g/mol. The Labute approximate surface area is 152 Å². The van der Waals surface area contributed by atoms with Gasteiger partial charge in [-0.15, -0.1) is 0 Å². The summed E-state index contributed by atoms with van der Waals surface area (Å²) in [4.78, 5) is 1.98. The van der Waals surface area contributed by atoms with Crippen LogP contribution in [0.15, 0.2) is 53.6 Å². The molecule has 0 saturated carbocycles. The van der Waals surface area contributed by atoms with Crippen LogP contribution in [0.5, 0.6) is 0 Å². The van der Waals surface area contributed by atoms with Gasteiger partial charge in [-0.25, -0.2) is 0 Å². The quantitative estimate of drug-likeness (QED) is 0.782. The van der Waals surface area contributed by atoms with Gasteiger partial charge in [-0.05, 0) is 48.4 Å². The predicted molar refractivity (Wildman–Crippen MR) is 107 cm³/mol. The second-order valence-electron chi connectivity index (χ2n) is 7.46. The molecule has 0 aromatic heterocycles. The lowest BCUT2D eigenvalue weighted by Crippen LogP contribution is -2.29. The number of aliphatic hydroxyl groups excluding tert-OH is 2. The van der Waals surface area contributed by atoms with E-state index in [0.717, 1.165) is 24.1 Å². The van der Waals surface area contributed by atoms with Gasteiger partial charge in [-0.3, -0.25) is 0 Å². The Balaban J connectivity index is 2.10. The molecule has 1 aromatic carbocycles. The van der Waals surface area contributed by atoms with Crippen molar-refractivity contribution in [3.8, 4) is 0 Å². The van der Waals surface area contributed by atoms with Gasteiger partial charge in [-0.2, -0.15) is 0 Å². The highest BCUT2D eigenvalue weighted by Gasteiger charge is 2.23. The van der Waals surface area contributed by atoms with Gasteiger partial charge in [0.1, 0.15) is 0 Å². The highest BCUT2D eigenvalue weighted by molar-refractivity contribution is 5.58. The highest BCUT2D eigenvalue weighted by atomic mass is 16.3.